The van der Waals surface area contributed by atoms with Gasteiger partial charge in [0.2, 0.25) is 0 Å². The number of aromatic nitrogens is 4. The summed E-state index contributed by atoms with van der Waals surface area (Å²) in [5.41, 5.74) is 1.81. The minimum Gasteiger partial charge on any atom is -0.495 e. The van der Waals surface area contributed by atoms with E-state index in [1.807, 2.05) is 6.07 Å². The fraction of sp³-hybridized carbons (Fsp3) is 0.333. The number of amides is 1. The molecule has 1 amide bonds. The van der Waals surface area contributed by atoms with Gasteiger partial charge in [-0.1, -0.05) is 0 Å². The summed E-state index contributed by atoms with van der Waals surface area (Å²) >= 11 is 0. The molecule has 8 nitrogen and oxygen atoms in total. The average Bonchev–Trinajstić information content (AvgIpc) is 3.08. The molecule has 1 saturated carbocycles. The molecule has 1 fully saturated rings. The second-order valence-corrected chi connectivity index (χ2v) is 6.43. The number of imidazole rings is 1. The van der Waals surface area contributed by atoms with Gasteiger partial charge in [-0.3, -0.25) is 9.78 Å². The van der Waals surface area contributed by atoms with E-state index in [2.05, 4.69) is 20.4 Å². The monoisotopic (exact) mass is 353 g/mol. The molecule has 0 aromatic carbocycles. The summed E-state index contributed by atoms with van der Waals surface area (Å²) in [6.45, 7) is 0. The fourth-order valence-corrected chi connectivity index (χ4v) is 3.29. The zero-order chi connectivity index (χ0) is 18.1. The second kappa shape index (κ2) is 6.72. The zero-order valence-corrected chi connectivity index (χ0v) is 14.2. The Hall–Kier alpha value is -3.00. The van der Waals surface area contributed by atoms with E-state index in [-0.39, 0.29) is 24.0 Å². The van der Waals surface area contributed by atoms with Crippen LogP contribution < -0.4 is 10.1 Å². The lowest BCUT2D eigenvalue weighted by atomic mass is 9.75. The van der Waals surface area contributed by atoms with Crippen LogP contribution in [0.5, 0.6) is 5.75 Å². The summed E-state index contributed by atoms with van der Waals surface area (Å²) in [4.78, 5) is 21.3. The Morgan fingerprint density at radius 3 is 3.00 bits per heavy atom. The number of pyridine rings is 1. The molecule has 3 heterocycles. The first-order valence-electron chi connectivity index (χ1n) is 8.42. The van der Waals surface area contributed by atoms with Crippen molar-refractivity contribution in [3.8, 4) is 5.75 Å². The zero-order valence-electron chi connectivity index (χ0n) is 14.2. The molecule has 1 atom stereocenters. The number of aliphatic hydroxyl groups is 1. The van der Waals surface area contributed by atoms with Gasteiger partial charge in [-0.25, -0.2) is 9.50 Å². The lowest BCUT2D eigenvalue weighted by Gasteiger charge is -2.38. The lowest BCUT2D eigenvalue weighted by molar-refractivity contribution is 0.0233. The number of ether oxygens (including phenoxy) is 1. The Morgan fingerprint density at radius 2 is 2.23 bits per heavy atom. The van der Waals surface area contributed by atoms with Crippen molar-refractivity contribution in [1.82, 2.24) is 24.9 Å². The highest BCUT2D eigenvalue weighted by atomic mass is 16.5. The molecular formula is C18H19N5O3. The molecule has 0 saturated heterocycles. The number of carbonyl (C=O) groups is 1. The summed E-state index contributed by atoms with van der Waals surface area (Å²) in [5, 5.41) is 16.9. The van der Waals surface area contributed by atoms with Gasteiger partial charge >= 0.3 is 0 Å². The first kappa shape index (κ1) is 16.5. The number of methoxy groups -OCH3 is 1. The maximum absolute atomic E-state index is 12.9. The van der Waals surface area contributed by atoms with Crippen LogP contribution in [0, 0.1) is 5.92 Å². The van der Waals surface area contributed by atoms with Crippen LogP contribution in [0.15, 0.2) is 43.0 Å². The smallest absolute Gasteiger partial charge is 0.272 e. The molecule has 0 aliphatic heterocycles. The standard InChI is InChI=1S/C18H19N5O3/c1-26-14-7-12(8-19-9-14)17(11-5-13(24)6-11)22-18(25)15-10-20-16-3-2-4-21-23(15)16/h2-4,7-11,13,17,24H,5-6H2,1H3,(H,22,25)/t11?,13?,17-/m1/s1. The van der Waals surface area contributed by atoms with Crippen molar-refractivity contribution in [2.75, 3.05) is 7.11 Å². The van der Waals surface area contributed by atoms with Crippen LogP contribution in [0.1, 0.15) is 34.9 Å². The van der Waals surface area contributed by atoms with E-state index in [9.17, 15) is 9.90 Å². The molecule has 2 N–H and O–H groups in total. The van der Waals surface area contributed by atoms with Crippen LogP contribution in [0.25, 0.3) is 5.65 Å². The molecule has 0 unspecified atom stereocenters. The Kier molecular flexibility index (Phi) is 4.26. The largest absolute Gasteiger partial charge is 0.495 e. The number of fused-ring (bicyclic) bond motifs is 1. The average molecular weight is 353 g/mol. The highest BCUT2D eigenvalue weighted by Gasteiger charge is 2.36. The van der Waals surface area contributed by atoms with Gasteiger partial charge in [0.25, 0.3) is 5.91 Å². The molecule has 1 aliphatic rings. The van der Waals surface area contributed by atoms with Crippen molar-refractivity contribution in [1.29, 1.82) is 0 Å². The number of nitrogens with one attached hydrogen (secondary N) is 1. The quantitative estimate of drug-likeness (QED) is 0.718. The summed E-state index contributed by atoms with van der Waals surface area (Å²) < 4.78 is 6.75. The molecule has 3 aromatic rings. The highest BCUT2D eigenvalue weighted by Crippen LogP contribution is 2.38. The third-order valence-electron chi connectivity index (χ3n) is 4.75. The van der Waals surface area contributed by atoms with E-state index in [1.165, 1.54) is 10.7 Å². The van der Waals surface area contributed by atoms with Gasteiger partial charge in [-0.05, 0) is 42.5 Å². The van der Waals surface area contributed by atoms with Gasteiger partial charge in [0.05, 0.1) is 31.6 Å². The Morgan fingerprint density at radius 1 is 1.38 bits per heavy atom. The van der Waals surface area contributed by atoms with Gasteiger partial charge in [-0.15, -0.1) is 0 Å². The predicted octanol–water partition coefficient (Wildman–Crippen LogP) is 1.37. The molecule has 0 bridgehead atoms. The maximum atomic E-state index is 12.9. The van der Waals surface area contributed by atoms with E-state index < -0.39 is 0 Å². The van der Waals surface area contributed by atoms with Crippen molar-refractivity contribution < 1.29 is 14.6 Å². The second-order valence-electron chi connectivity index (χ2n) is 6.43. The summed E-state index contributed by atoms with van der Waals surface area (Å²) in [5.74, 6) is 0.485. The van der Waals surface area contributed by atoms with E-state index in [0.29, 0.717) is 29.9 Å². The normalized spacial score (nSPS) is 20.4. The van der Waals surface area contributed by atoms with Crippen molar-refractivity contribution >= 4 is 11.6 Å². The lowest BCUT2D eigenvalue weighted by Crippen LogP contribution is -2.41. The minimum atomic E-state index is -0.324. The molecular weight excluding hydrogens is 334 g/mol. The number of hydrogen-bond donors (Lipinski definition) is 2. The molecule has 1 aliphatic carbocycles. The first-order valence-corrected chi connectivity index (χ1v) is 8.42. The third kappa shape index (κ3) is 2.99. The number of aliphatic hydroxyl groups excluding tert-OH is 1. The Balaban J connectivity index is 1.63. The van der Waals surface area contributed by atoms with Crippen LogP contribution in [0.2, 0.25) is 0 Å². The molecule has 134 valence electrons. The Bertz CT molecular complexity index is 935. The van der Waals surface area contributed by atoms with E-state index >= 15 is 0 Å². The van der Waals surface area contributed by atoms with Gasteiger partial charge in [0.15, 0.2) is 5.65 Å². The van der Waals surface area contributed by atoms with E-state index in [1.54, 1.807) is 37.8 Å². The minimum absolute atomic E-state index is 0.134. The van der Waals surface area contributed by atoms with E-state index in [0.717, 1.165) is 5.56 Å². The van der Waals surface area contributed by atoms with Crippen LogP contribution in [0.3, 0.4) is 0 Å². The topological polar surface area (TPSA) is 102 Å². The molecule has 26 heavy (non-hydrogen) atoms. The van der Waals surface area contributed by atoms with Gasteiger partial charge in [0.1, 0.15) is 11.4 Å². The van der Waals surface area contributed by atoms with Crippen LogP contribution >= 0.6 is 0 Å². The highest BCUT2D eigenvalue weighted by molar-refractivity contribution is 5.93. The number of hydrogen-bond acceptors (Lipinski definition) is 6. The molecule has 0 radical (unpaired) electrons. The van der Waals surface area contributed by atoms with Crippen LogP contribution in [-0.4, -0.2) is 43.8 Å². The van der Waals surface area contributed by atoms with Crippen LogP contribution in [-0.2, 0) is 0 Å². The molecule has 3 aromatic heterocycles. The first-order chi connectivity index (χ1) is 12.7. The van der Waals surface area contributed by atoms with Gasteiger partial charge < -0.3 is 15.2 Å². The Labute approximate surface area is 149 Å². The number of nitrogens with zero attached hydrogens (tertiary/aromatic N) is 4. The SMILES string of the molecule is COc1cncc([C@H](NC(=O)c2cnc3cccnn23)C2CC(O)C2)c1. The number of rotatable bonds is 5. The van der Waals surface area contributed by atoms with Crippen LogP contribution in [0.4, 0.5) is 0 Å². The number of carbonyl (C=O) groups excluding carboxylic acids is 1. The van der Waals surface area contributed by atoms with Crippen molar-refractivity contribution in [2.24, 2.45) is 5.92 Å². The van der Waals surface area contributed by atoms with Gasteiger partial charge in [-0.2, -0.15) is 5.10 Å². The third-order valence-corrected chi connectivity index (χ3v) is 4.75. The molecule has 8 heteroatoms. The van der Waals surface area contributed by atoms with Gasteiger partial charge in [0, 0.05) is 12.4 Å². The fourth-order valence-electron chi connectivity index (χ4n) is 3.29. The van der Waals surface area contributed by atoms with Crippen molar-refractivity contribution in [2.45, 2.75) is 25.0 Å². The summed E-state index contributed by atoms with van der Waals surface area (Å²) in [6, 6.07) is 5.14. The summed E-state index contributed by atoms with van der Waals surface area (Å²) in [6.07, 6.45) is 7.39. The maximum Gasteiger partial charge on any atom is 0.272 e. The van der Waals surface area contributed by atoms with Crippen molar-refractivity contribution in [3.63, 3.8) is 0 Å². The summed E-state index contributed by atoms with van der Waals surface area (Å²) in [7, 11) is 1.57. The molecule has 0 spiro atoms. The van der Waals surface area contributed by atoms with Crippen molar-refractivity contribution in [3.05, 3.63) is 54.2 Å². The van der Waals surface area contributed by atoms with E-state index in [4.69, 9.17) is 4.74 Å². The predicted molar refractivity (Wildman–Crippen MR) is 92.7 cm³/mol. The molecule has 4 rings (SSSR count).